The molecule has 0 saturated heterocycles. The number of nitrogens with one attached hydrogen (secondary N) is 1. The number of hydrogen-bond donors (Lipinski definition) is 1. The minimum Gasteiger partial charge on any atom is -0.306 e. The van der Waals surface area contributed by atoms with Crippen LogP contribution in [0, 0.1) is 10.1 Å². The quantitative estimate of drug-likeness (QED) is 0.570. The van der Waals surface area contributed by atoms with Crippen LogP contribution in [0.4, 0.5) is 5.69 Å². The van der Waals surface area contributed by atoms with Gasteiger partial charge < -0.3 is 4.98 Å². The standard InChI is InChI=1S/C14H9N3O4/c18-13-11-6-1-2-7-12(11)15-14(19)16(13)9-4-3-5-10(8-9)17(20)21/h1-8H,(H,15,19). The van der Waals surface area contributed by atoms with Crippen molar-refractivity contribution in [2.24, 2.45) is 0 Å². The number of aromatic nitrogens is 2. The van der Waals surface area contributed by atoms with E-state index in [-0.39, 0.29) is 11.4 Å². The summed E-state index contributed by atoms with van der Waals surface area (Å²) in [5.41, 5.74) is -0.767. The first-order valence-electron chi connectivity index (χ1n) is 6.07. The molecule has 3 rings (SSSR count). The highest BCUT2D eigenvalue weighted by atomic mass is 16.6. The van der Waals surface area contributed by atoms with Gasteiger partial charge in [0.15, 0.2) is 0 Å². The lowest BCUT2D eigenvalue weighted by molar-refractivity contribution is -0.384. The number of H-pyrrole nitrogens is 1. The Morgan fingerprint density at radius 1 is 1.05 bits per heavy atom. The predicted octanol–water partition coefficient (Wildman–Crippen LogP) is 1.59. The number of benzene rings is 2. The Balaban J connectivity index is 2.35. The fraction of sp³-hybridized carbons (Fsp3) is 0. The average molecular weight is 283 g/mol. The summed E-state index contributed by atoms with van der Waals surface area (Å²) in [6, 6.07) is 12.0. The molecule has 0 fully saturated rings. The Morgan fingerprint density at radius 2 is 1.81 bits per heavy atom. The number of para-hydroxylation sites is 1. The van der Waals surface area contributed by atoms with Crippen molar-refractivity contribution < 1.29 is 4.92 Å². The number of aromatic amines is 1. The molecular weight excluding hydrogens is 274 g/mol. The van der Waals surface area contributed by atoms with E-state index < -0.39 is 16.2 Å². The molecule has 0 atom stereocenters. The monoisotopic (exact) mass is 283 g/mol. The molecule has 0 amide bonds. The fourth-order valence-electron chi connectivity index (χ4n) is 2.14. The van der Waals surface area contributed by atoms with Gasteiger partial charge in [-0.2, -0.15) is 0 Å². The van der Waals surface area contributed by atoms with E-state index in [0.717, 1.165) is 4.57 Å². The van der Waals surface area contributed by atoms with Crippen LogP contribution in [0.25, 0.3) is 16.6 Å². The summed E-state index contributed by atoms with van der Waals surface area (Å²) in [6.45, 7) is 0. The molecule has 0 spiro atoms. The van der Waals surface area contributed by atoms with Gasteiger partial charge in [-0.25, -0.2) is 9.36 Å². The highest BCUT2D eigenvalue weighted by molar-refractivity contribution is 5.77. The average Bonchev–Trinajstić information content (AvgIpc) is 2.47. The van der Waals surface area contributed by atoms with E-state index in [4.69, 9.17) is 0 Å². The van der Waals surface area contributed by atoms with E-state index in [1.165, 1.54) is 24.3 Å². The van der Waals surface area contributed by atoms with E-state index in [0.29, 0.717) is 10.9 Å². The minimum atomic E-state index is -0.640. The molecule has 2 aromatic carbocycles. The van der Waals surface area contributed by atoms with Crippen molar-refractivity contribution >= 4 is 16.6 Å². The van der Waals surface area contributed by atoms with Gasteiger partial charge in [-0.15, -0.1) is 0 Å². The highest BCUT2D eigenvalue weighted by Gasteiger charge is 2.12. The maximum absolute atomic E-state index is 12.4. The molecule has 1 aromatic heterocycles. The minimum absolute atomic E-state index is 0.154. The Bertz CT molecular complexity index is 972. The summed E-state index contributed by atoms with van der Waals surface area (Å²) in [4.78, 5) is 37.3. The summed E-state index contributed by atoms with van der Waals surface area (Å²) >= 11 is 0. The SMILES string of the molecule is O=c1[nH]c2ccccc2c(=O)n1-c1cccc([N+](=O)[O-])c1. The lowest BCUT2D eigenvalue weighted by Gasteiger charge is -2.06. The van der Waals surface area contributed by atoms with Crippen LogP contribution in [0.2, 0.25) is 0 Å². The lowest BCUT2D eigenvalue weighted by atomic mass is 10.2. The van der Waals surface area contributed by atoms with Crippen molar-refractivity contribution in [2.75, 3.05) is 0 Å². The Kier molecular flexibility index (Phi) is 2.87. The van der Waals surface area contributed by atoms with E-state index in [9.17, 15) is 19.7 Å². The predicted molar refractivity (Wildman–Crippen MR) is 76.8 cm³/mol. The van der Waals surface area contributed by atoms with E-state index in [1.54, 1.807) is 24.3 Å². The van der Waals surface area contributed by atoms with E-state index >= 15 is 0 Å². The zero-order valence-corrected chi connectivity index (χ0v) is 10.6. The smallest absolute Gasteiger partial charge is 0.306 e. The van der Waals surface area contributed by atoms with Gasteiger partial charge in [0.2, 0.25) is 0 Å². The van der Waals surface area contributed by atoms with Crippen LogP contribution in [0.1, 0.15) is 0 Å². The van der Waals surface area contributed by atoms with E-state index in [1.807, 2.05) is 0 Å². The Morgan fingerprint density at radius 3 is 2.57 bits per heavy atom. The van der Waals surface area contributed by atoms with Crippen LogP contribution in [0.15, 0.2) is 58.1 Å². The van der Waals surface area contributed by atoms with Gasteiger partial charge in [-0.3, -0.25) is 14.9 Å². The first kappa shape index (κ1) is 12.8. The second-order valence-corrected chi connectivity index (χ2v) is 4.39. The molecule has 0 aliphatic heterocycles. The van der Waals surface area contributed by atoms with Crippen molar-refractivity contribution in [3.63, 3.8) is 0 Å². The Hall–Kier alpha value is -3.22. The second kappa shape index (κ2) is 4.71. The summed E-state index contributed by atoms with van der Waals surface area (Å²) in [7, 11) is 0. The molecule has 0 bridgehead atoms. The number of nitro benzene ring substituents is 1. The number of hydrogen-bond acceptors (Lipinski definition) is 4. The second-order valence-electron chi connectivity index (χ2n) is 4.39. The molecule has 1 N–H and O–H groups in total. The van der Waals surface area contributed by atoms with Crippen LogP contribution < -0.4 is 11.2 Å². The third kappa shape index (κ3) is 2.10. The first-order chi connectivity index (χ1) is 10.1. The maximum Gasteiger partial charge on any atom is 0.333 e. The molecular formula is C14H9N3O4. The first-order valence-corrected chi connectivity index (χ1v) is 6.07. The molecule has 21 heavy (non-hydrogen) atoms. The van der Waals surface area contributed by atoms with Gasteiger partial charge in [0.1, 0.15) is 0 Å². The zero-order valence-electron chi connectivity index (χ0n) is 10.6. The summed E-state index contributed by atoms with van der Waals surface area (Å²) in [5, 5.41) is 11.1. The normalized spacial score (nSPS) is 10.7. The molecule has 0 radical (unpaired) electrons. The highest BCUT2D eigenvalue weighted by Crippen LogP contribution is 2.15. The zero-order chi connectivity index (χ0) is 15.0. The molecule has 7 heteroatoms. The molecule has 0 unspecified atom stereocenters. The molecule has 7 nitrogen and oxygen atoms in total. The number of non-ortho nitro benzene ring substituents is 1. The third-order valence-electron chi connectivity index (χ3n) is 3.10. The van der Waals surface area contributed by atoms with Crippen LogP contribution >= 0.6 is 0 Å². The largest absolute Gasteiger partial charge is 0.333 e. The molecule has 1 heterocycles. The molecule has 3 aromatic rings. The molecule has 0 aliphatic rings. The van der Waals surface area contributed by atoms with Gasteiger partial charge >= 0.3 is 5.69 Å². The van der Waals surface area contributed by atoms with Gasteiger partial charge in [-0.1, -0.05) is 18.2 Å². The van der Waals surface area contributed by atoms with Crippen molar-refractivity contribution in [1.82, 2.24) is 9.55 Å². The van der Waals surface area contributed by atoms with Gasteiger partial charge in [0.05, 0.1) is 21.5 Å². The lowest BCUT2D eigenvalue weighted by Crippen LogP contribution is -2.33. The number of rotatable bonds is 2. The molecule has 0 saturated carbocycles. The fourth-order valence-corrected chi connectivity index (χ4v) is 2.14. The van der Waals surface area contributed by atoms with Gasteiger partial charge in [0, 0.05) is 12.1 Å². The van der Waals surface area contributed by atoms with Crippen molar-refractivity contribution in [3.8, 4) is 5.69 Å². The van der Waals surface area contributed by atoms with Crippen molar-refractivity contribution in [2.45, 2.75) is 0 Å². The van der Waals surface area contributed by atoms with Crippen LogP contribution in [-0.4, -0.2) is 14.5 Å². The molecule has 104 valence electrons. The molecule has 0 aliphatic carbocycles. The van der Waals surface area contributed by atoms with Crippen molar-refractivity contribution in [3.05, 3.63) is 79.5 Å². The third-order valence-corrected chi connectivity index (χ3v) is 3.10. The van der Waals surface area contributed by atoms with Gasteiger partial charge in [-0.05, 0) is 18.2 Å². The number of nitrogens with zero attached hydrogens (tertiary/aromatic N) is 2. The number of nitro groups is 1. The van der Waals surface area contributed by atoms with Crippen molar-refractivity contribution in [1.29, 1.82) is 0 Å². The van der Waals surface area contributed by atoms with E-state index in [2.05, 4.69) is 4.98 Å². The summed E-state index contributed by atoms with van der Waals surface area (Å²) in [6.07, 6.45) is 0. The van der Waals surface area contributed by atoms with Gasteiger partial charge in [0.25, 0.3) is 11.2 Å². The summed E-state index contributed by atoms with van der Waals surface area (Å²) < 4.78 is 0.884. The van der Waals surface area contributed by atoms with Crippen LogP contribution in [0.3, 0.4) is 0 Å². The Labute approximate surface area is 117 Å². The van der Waals surface area contributed by atoms with Crippen LogP contribution in [-0.2, 0) is 0 Å². The topological polar surface area (TPSA) is 98.0 Å². The summed E-state index contributed by atoms with van der Waals surface area (Å²) in [5.74, 6) is 0. The van der Waals surface area contributed by atoms with Crippen LogP contribution in [0.5, 0.6) is 0 Å². The number of fused-ring (bicyclic) bond motifs is 1. The maximum atomic E-state index is 12.4.